The molecule has 0 aliphatic carbocycles. The van der Waals surface area contributed by atoms with E-state index in [1.807, 2.05) is 13.8 Å². The Morgan fingerprint density at radius 2 is 2.00 bits per heavy atom. The molecule has 5 nitrogen and oxygen atoms in total. The zero-order chi connectivity index (χ0) is 12.1. The van der Waals surface area contributed by atoms with Gasteiger partial charge in [-0.3, -0.25) is 11.3 Å². The quantitative estimate of drug-likeness (QED) is 0.484. The van der Waals surface area contributed by atoms with Crippen molar-refractivity contribution in [2.45, 2.75) is 38.3 Å². The average molecular weight is 238 g/mol. The molecule has 0 saturated heterocycles. The van der Waals surface area contributed by atoms with Crippen molar-refractivity contribution in [1.82, 2.24) is 5.43 Å². The first kappa shape index (κ1) is 14.8. The molecule has 15 heavy (non-hydrogen) atoms. The lowest BCUT2D eigenvalue weighted by Gasteiger charge is -2.32. The molecule has 0 amide bonds. The van der Waals surface area contributed by atoms with Crippen LogP contribution in [0, 0.1) is 0 Å². The summed E-state index contributed by atoms with van der Waals surface area (Å²) in [5.74, 6) is 5.59. The van der Waals surface area contributed by atoms with E-state index in [9.17, 15) is 8.42 Å². The highest BCUT2D eigenvalue weighted by molar-refractivity contribution is 7.90. The Morgan fingerprint density at radius 1 is 1.47 bits per heavy atom. The minimum absolute atomic E-state index is 0.0516. The van der Waals surface area contributed by atoms with Gasteiger partial charge in [-0.05, 0) is 26.7 Å². The Balaban J connectivity index is 4.13. The Morgan fingerprint density at radius 3 is 2.33 bits per heavy atom. The zero-order valence-electron chi connectivity index (χ0n) is 9.91. The maximum atomic E-state index is 10.9. The van der Waals surface area contributed by atoms with Crippen molar-refractivity contribution in [3.05, 3.63) is 0 Å². The molecule has 1 atom stereocenters. The topological polar surface area (TPSA) is 81.4 Å². The molecule has 0 fully saturated rings. The van der Waals surface area contributed by atoms with Crippen LogP contribution in [-0.2, 0) is 14.6 Å². The number of hydrogen-bond donors (Lipinski definition) is 2. The molecule has 0 rings (SSSR count). The summed E-state index contributed by atoms with van der Waals surface area (Å²) in [6.07, 6.45) is 2.49. The largest absolute Gasteiger partial charge is 0.377 e. The van der Waals surface area contributed by atoms with Crippen LogP contribution >= 0.6 is 0 Å². The number of methoxy groups -OCH3 is 1. The van der Waals surface area contributed by atoms with Gasteiger partial charge >= 0.3 is 0 Å². The zero-order valence-corrected chi connectivity index (χ0v) is 10.7. The Labute approximate surface area is 92.3 Å². The number of hydrogen-bond acceptors (Lipinski definition) is 5. The van der Waals surface area contributed by atoms with Crippen molar-refractivity contribution in [2.24, 2.45) is 5.84 Å². The van der Waals surface area contributed by atoms with Crippen LogP contribution in [0.3, 0.4) is 0 Å². The minimum Gasteiger partial charge on any atom is -0.377 e. The molecule has 0 saturated carbocycles. The van der Waals surface area contributed by atoms with Crippen LogP contribution in [-0.4, -0.2) is 39.2 Å². The highest BCUT2D eigenvalue weighted by Gasteiger charge is 2.27. The van der Waals surface area contributed by atoms with E-state index in [1.165, 1.54) is 6.26 Å². The maximum absolute atomic E-state index is 10.9. The van der Waals surface area contributed by atoms with Crippen LogP contribution in [0.15, 0.2) is 0 Å². The fourth-order valence-corrected chi connectivity index (χ4v) is 2.01. The van der Waals surface area contributed by atoms with Crippen LogP contribution in [0.5, 0.6) is 0 Å². The molecule has 0 aromatic heterocycles. The van der Waals surface area contributed by atoms with E-state index in [-0.39, 0.29) is 11.8 Å². The van der Waals surface area contributed by atoms with E-state index >= 15 is 0 Å². The number of rotatable bonds is 7. The molecule has 1 unspecified atom stereocenters. The smallest absolute Gasteiger partial charge is 0.147 e. The fraction of sp³-hybridized carbons (Fsp3) is 1.00. The molecule has 0 aliphatic rings. The van der Waals surface area contributed by atoms with Gasteiger partial charge in [-0.15, -0.1) is 0 Å². The fourth-order valence-electron chi connectivity index (χ4n) is 1.32. The van der Waals surface area contributed by atoms with Crippen molar-refractivity contribution >= 4 is 9.84 Å². The van der Waals surface area contributed by atoms with Crippen LogP contribution in [0.25, 0.3) is 0 Å². The normalized spacial score (nSPS) is 15.3. The summed E-state index contributed by atoms with van der Waals surface area (Å²) in [7, 11) is -1.28. The first-order valence-electron chi connectivity index (χ1n) is 4.92. The summed E-state index contributed by atoms with van der Waals surface area (Å²) in [4.78, 5) is 0. The maximum Gasteiger partial charge on any atom is 0.147 e. The minimum atomic E-state index is -2.89. The summed E-state index contributed by atoms with van der Waals surface area (Å²) in [6, 6.07) is -0.0516. The molecule has 92 valence electrons. The van der Waals surface area contributed by atoms with Gasteiger partial charge in [-0.2, -0.15) is 0 Å². The number of nitrogens with one attached hydrogen (secondary N) is 1. The highest BCUT2D eigenvalue weighted by atomic mass is 32.2. The first-order chi connectivity index (χ1) is 6.73. The summed E-state index contributed by atoms with van der Waals surface area (Å²) in [6.45, 7) is 3.83. The molecular formula is C9H22N2O3S. The summed E-state index contributed by atoms with van der Waals surface area (Å²) < 4.78 is 27.2. The van der Waals surface area contributed by atoms with Gasteiger partial charge in [-0.25, -0.2) is 8.42 Å². The third kappa shape index (κ3) is 6.09. The van der Waals surface area contributed by atoms with Crippen molar-refractivity contribution in [2.75, 3.05) is 19.1 Å². The van der Waals surface area contributed by atoms with Crippen LogP contribution in [0.2, 0.25) is 0 Å². The Bertz CT molecular complexity index is 275. The van der Waals surface area contributed by atoms with Crippen molar-refractivity contribution < 1.29 is 13.2 Å². The first-order valence-corrected chi connectivity index (χ1v) is 6.98. The predicted octanol–water partition coefficient (Wildman–Crippen LogP) is 0.0681. The van der Waals surface area contributed by atoms with Crippen LogP contribution in [0.1, 0.15) is 26.7 Å². The molecule has 6 heteroatoms. The van der Waals surface area contributed by atoms with E-state index in [2.05, 4.69) is 5.43 Å². The van der Waals surface area contributed by atoms with Gasteiger partial charge in [0.1, 0.15) is 9.84 Å². The number of ether oxygens (including phenoxy) is 1. The molecule has 0 heterocycles. The second-order valence-electron chi connectivity index (χ2n) is 4.30. The highest BCUT2D eigenvalue weighted by Crippen LogP contribution is 2.17. The monoisotopic (exact) mass is 238 g/mol. The van der Waals surface area contributed by atoms with Gasteiger partial charge in [0, 0.05) is 25.2 Å². The van der Waals surface area contributed by atoms with Gasteiger partial charge in [0.05, 0.1) is 5.60 Å². The number of hydrazine groups is 1. The van der Waals surface area contributed by atoms with Gasteiger partial charge in [0.25, 0.3) is 0 Å². The lowest BCUT2D eigenvalue weighted by atomic mass is 9.95. The van der Waals surface area contributed by atoms with Crippen molar-refractivity contribution in [1.29, 1.82) is 0 Å². The Hall–Kier alpha value is -0.170. The SMILES string of the molecule is COC(C)(C)C(CCCS(C)(=O)=O)NN. The molecular weight excluding hydrogens is 216 g/mol. The van der Waals surface area contributed by atoms with Crippen molar-refractivity contribution in [3.63, 3.8) is 0 Å². The summed E-state index contributed by atoms with van der Waals surface area (Å²) >= 11 is 0. The van der Waals surface area contributed by atoms with Gasteiger partial charge < -0.3 is 4.74 Å². The van der Waals surface area contributed by atoms with E-state index in [0.717, 1.165) is 0 Å². The van der Waals surface area contributed by atoms with Crippen molar-refractivity contribution in [3.8, 4) is 0 Å². The van der Waals surface area contributed by atoms with Crippen LogP contribution < -0.4 is 11.3 Å². The standard InChI is InChI=1S/C9H22N2O3S/c1-9(2,14-3)8(11-10)6-5-7-15(4,12)13/h8,11H,5-7,10H2,1-4H3. The third-order valence-electron chi connectivity index (χ3n) is 2.57. The van der Waals surface area contributed by atoms with E-state index in [1.54, 1.807) is 7.11 Å². The van der Waals surface area contributed by atoms with E-state index in [4.69, 9.17) is 10.6 Å². The molecule has 0 aromatic carbocycles. The molecule has 0 aromatic rings. The molecule has 0 spiro atoms. The lowest BCUT2D eigenvalue weighted by molar-refractivity contribution is -0.0126. The second kappa shape index (κ2) is 5.79. The number of sulfone groups is 1. The lowest BCUT2D eigenvalue weighted by Crippen LogP contribution is -2.51. The van der Waals surface area contributed by atoms with Gasteiger partial charge in [-0.1, -0.05) is 0 Å². The predicted molar refractivity (Wildman–Crippen MR) is 61.1 cm³/mol. The average Bonchev–Trinajstić information content (AvgIpc) is 2.10. The molecule has 0 radical (unpaired) electrons. The second-order valence-corrected chi connectivity index (χ2v) is 6.56. The molecule has 3 N–H and O–H groups in total. The van der Waals surface area contributed by atoms with Gasteiger partial charge in [0.15, 0.2) is 0 Å². The van der Waals surface area contributed by atoms with E-state index in [0.29, 0.717) is 12.8 Å². The number of nitrogens with two attached hydrogens (primary N) is 1. The third-order valence-corrected chi connectivity index (χ3v) is 3.60. The van der Waals surface area contributed by atoms with Crippen LogP contribution in [0.4, 0.5) is 0 Å². The van der Waals surface area contributed by atoms with Gasteiger partial charge in [0.2, 0.25) is 0 Å². The Kier molecular flexibility index (Phi) is 5.72. The molecule has 0 aliphatic heterocycles. The summed E-state index contributed by atoms with van der Waals surface area (Å²) in [5.41, 5.74) is 2.26. The summed E-state index contributed by atoms with van der Waals surface area (Å²) in [5, 5.41) is 0. The molecule has 0 bridgehead atoms. The van der Waals surface area contributed by atoms with E-state index < -0.39 is 15.4 Å².